The predicted molar refractivity (Wildman–Crippen MR) is 86.4 cm³/mol. The van der Waals surface area contributed by atoms with E-state index in [-0.39, 0.29) is 11.6 Å². The highest BCUT2D eigenvalue weighted by molar-refractivity contribution is 6.02. The molecule has 1 amide bonds. The standard InChI is InChI=1S/C16H16N6O2/c1-24-12-6-4-11(5-7-12)22-9-14(19-21-22)16(23)18-15-13(8-17-20-15)10-2-3-10/h4-10H,2-3H2,1H3,(H2,17,18,20,23). The Labute approximate surface area is 137 Å². The zero-order chi connectivity index (χ0) is 16.5. The van der Waals surface area contributed by atoms with E-state index in [0.717, 1.165) is 29.8 Å². The highest BCUT2D eigenvalue weighted by Crippen LogP contribution is 2.42. The summed E-state index contributed by atoms with van der Waals surface area (Å²) in [6.07, 6.45) is 5.62. The van der Waals surface area contributed by atoms with Gasteiger partial charge >= 0.3 is 0 Å². The van der Waals surface area contributed by atoms with Crippen LogP contribution >= 0.6 is 0 Å². The Morgan fingerprint density at radius 1 is 1.33 bits per heavy atom. The lowest BCUT2D eigenvalue weighted by atomic mass is 10.2. The van der Waals surface area contributed by atoms with Crippen LogP contribution < -0.4 is 10.1 Å². The molecule has 2 heterocycles. The largest absolute Gasteiger partial charge is 0.497 e. The summed E-state index contributed by atoms with van der Waals surface area (Å²) in [7, 11) is 1.61. The van der Waals surface area contributed by atoms with Crippen LogP contribution in [0.1, 0.15) is 34.8 Å². The number of hydrogen-bond donors (Lipinski definition) is 2. The third-order valence-electron chi connectivity index (χ3n) is 3.99. The Balaban J connectivity index is 1.51. The fourth-order valence-electron chi connectivity index (χ4n) is 2.51. The van der Waals surface area contributed by atoms with E-state index in [1.54, 1.807) is 24.2 Å². The Bertz CT molecular complexity index is 863. The number of aromatic nitrogens is 5. The van der Waals surface area contributed by atoms with E-state index in [1.165, 1.54) is 0 Å². The van der Waals surface area contributed by atoms with Gasteiger partial charge in [0.15, 0.2) is 5.69 Å². The lowest BCUT2D eigenvalue weighted by molar-refractivity contribution is 0.102. The highest BCUT2D eigenvalue weighted by atomic mass is 16.5. The smallest absolute Gasteiger partial charge is 0.279 e. The zero-order valence-electron chi connectivity index (χ0n) is 13.1. The highest BCUT2D eigenvalue weighted by Gasteiger charge is 2.28. The average molecular weight is 324 g/mol. The normalized spacial score (nSPS) is 13.7. The number of H-pyrrole nitrogens is 1. The summed E-state index contributed by atoms with van der Waals surface area (Å²) in [4.78, 5) is 12.4. The van der Waals surface area contributed by atoms with Crippen LogP contribution in [0, 0.1) is 0 Å². The maximum Gasteiger partial charge on any atom is 0.279 e. The minimum Gasteiger partial charge on any atom is -0.497 e. The summed E-state index contributed by atoms with van der Waals surface area (Å²) >= 11 is 0. The molecule has 3 aromatic rings. The number of carbonyl (C=O) groups is 1. The lowest BCUT2D eigenvalue weighted by Crippen LogP contribution is -2.13. The van der Waals surface area contributed by atoms with Crippen molar-refractivity contribution in [3.05, 3.63) is 47.9 Å². The molecule has 0 aliphatic heterocycles. The van der Waals surface area contributed by atoms with Gasteiger partial charge in [-0.15, -0.1) is 5.10 Å². The van der Waals surface area contributed by atoms with Crippen LogP contribution in [0.2, 0.25) is 0 Å². The van der Waals surface area contributed by atoms with Crippen molar-refractivity contribution in [1.29, 1.82) is 0 Å². The van der Waals surface area contributed by atoms with Gasteiger partial charge in [0.1, 0.15) is 11.6 Å². The minimum atomic E-state index is -0.319. The molecular formula is C16H16N6O2. The first-order valence-corrected chi connectivity index (χ1v) is 7.66. The Kier molecular flexibility index (Phi) is 3.49. The molecule has 8 heteroatoms. The van der Waals surface area contributed by atoms with Gasteiger partial charge in [0, 0.05) is 5.56 Å². The second-order valence-corrected chi connectivity index (χ2v) is 5.68. The van der Waals surface area contributed by atoms with E-state index >= 15 is 0 Å². The van der Waals surface area contributed by atoms with Crippen molar-refractivity contribution in [1.82, 2.24) is 25.2 Å². The number of anilines is 1. The van der Waals surface area contributed by atoms with E-state index in [2.05, 4.69) is 25.8 Å². The SMILES string of the molecule is COc1ccc(-n2cc(C(=O)Nc3[nH]ncc3C3CC3)nn2)cc1. The van der Waals surface area contributed by atoms with Crippen LogP contribution in [-0.2, 0) is 0 Å². The van der Waals surface area contributed by atoms with Crippen molar-refractivity contribution in [3.63, 3.8) is 0 Å². The lowest BCUT2D eigenvalue weighted by Gasteiger charge is -2.03. The summed E-state index contributed by atoms with van der Waals surface area (Å²) in [5.74, 6) is 1.57. The second kappa shape index (κ2) is 5.80. The summed E-state index contributed by atoms with van der Waals surface area (Å²) < 4.78 is 6.67. The number of amides is 1. The molecule has 1 fully saturated rings. The van der Waals surface area contributed by atoms with E-state index in [0.29, 0.717) is 11.7 Å². The number of aromatic amines is 1. The number of rotatable bonds is 5. The molecule has 2 aromatic heterocycles. The Morgan fingerprint density at radius 2 is 2.12 bits per heavy atom. The topological polar surface area (TPSA) is 97.7 Å². The van der Waals surface area contributed by atoms with Crippen LogP contribution in [-0.4, -0.2) is 38.2 Å². The third kappa shape index (κ3) is 2.73. The van der Waals surface area contributed by atoms with Crippen molar-refractivity contribution in [2.24, 2.45) is 0 Å². The molecule has 0 saturated heterocycles. The van der Waals surface area contributed by atoms with Gasteiger partial charge in [0.25, 0.3) is 5.91 Å². The molecule has 1 aromatic carbocycles. The van der Waals surface area contributed by atoms with E-state index in [9.17, 15) is 4.79 Å². The van der Waals surface area contributed by atoms with Crippen LogP contribution in [0.4, 0.5) is 5.82 Å². The molecule has 1 aliphatic rings. The van der Waals surface area contributed by atoms with Crippen molar-refractivity contribution < 1.29 is 9.53 Å². The summed E-state index contributed by atoms with van der Waals surface area (Å²) in [5, 5.41) is 17.6. The second-order valence-electron chi connectivity index (χ2n) is 5.68. The monoisotopic (exact) mass is 324 g/mol. The number of benzene rings is 1. The molecule has 0 unspecified atom stereocenters. The predicted octanol–water partition coefficient (Wildman–Crippen LogP) is 2.13. The maximum absolute atomic E-state index is 12.4. The van der Waals surface area contributed by atoms with Crippen molar-refractivity contribution in [3.8, 4) is 11.4 Å². The van der Waals surface area contributed by atoms with Crippen LogP contribution in [0.15, 0.2) is 36.7 Å². The fraction of sp³-hybridized carbons (Fsp3) is 0.250. The number of methoxy groups -OCH3 is 1. The molecule has 122 valence electrons. The van der Waals surface area contributed by atoms with Gasteiger partial charge in [-0.3, -0.25) is 9.89 Å². The van der Waals surface area contributed by atoms with Gasteiger partial charge in [-0.1, -0.05) is 5.21 Å². The first-order chi connectivity index (χ1) is 11.7. The first kappa shape index (κ1) is 14.4. The van der Waals surface area contributed by atoms with Crippen LogP contribution in [0.5, 0.6) is 5.75 Å². The molecule has 4 rings (SSSR count). The minimum absolute atomic E-state index is 0.238. The van der Waals surface area contributed by atoms with Gasteiger partial charge in [-0.25, -0.2) is 4.68 Å². The van der Waals surface area contributed by atoms with Crippen molar-refractivity contribution in [2.75, 3.05) is 12.4 Å². The Morgan fingerprint density at radius 3 is 2.83 bits per heavy atom. The quantitative estimate of drug-likeness (QED) is 0.749. The first-order valence-electron chi connectivity index (χ1n) is 7.66. The molecule has 1 aliphatic carbocycles. The Hall–Kier alpha value is -3.16. The molecule has 0 radical (unpaired) electrons. The van der Waals surface area contributed by atoms with E-state index in [4.69, 9.17) is 4.74 Å². The molecule has 2 N–H and O–H groups in total. The summed E-state index contributed by atoms with van der Waals surface area (Å²) in [6, 6.07) is 7.33. The molecule has 0 spiro atoms. The van der Waals surface area contributed by atoms with Gasteiger partial charge < -0.3 is 10.1 Å². The van der Waals surface area contributed by atoms with Gasteiger partial charge in [-0.05, 0) is 43.0 Å². The number of carbonyl (C=O) groups excluding carboxylic acids is 1. The van der Waals surface area contributed by atoms with Crippen molar-refractivity contribution in [2.45, 2.75) is 18.8 Å². The third-order valence-corrected chi connectivity index (χ3v) is 3.99. The molecule has 0 atom stereocenters. The van der Waals surface area contributed by atoms with Crippen molar-refractivity contribution >= 4 is 11.7 Å². The maximum atomic E-state index is 12.4. The number of hydrogen-bond acceptors (Lipinski definition) is 5. The van der Waals surface area contributed by atoms with Crippen LogP contribution in [0.25, 0.3) is 5.69 Å². The fourth-order valence-corrected chi connectivity index (χ4v) is 2.51. The molecule has 1 saturated carbocycles. The average Bonchev–Trinajstić information content (AvgIpc) is 3.15. The molecule has 24 heavy (non-hydrogen) atoms. The van der Waals surface area contributed by atoms with E-state index in [1.807, 2.05) is 24.3 Å². The van der Waals surface area contributed by atoms with E-state index < -0.39 is 0 Å². The molecule has 8 nitrogen and oxygen atoms in total. The number of nitrogens with one attached hydrogen (secondary N) is 2. The number of ether oxygens (including phenoxy) is 1. The van der Waals surface area contributed by atoms with Crippen LogP contribution in [0.3, 0.4) is 0 Å². The van der Waals surface area contributed by atoms with Gasteiger partial charge in [0.05, 0.1) is 25.2 Å². The van der Waals surface area contributed by atoms with Gasteiger partial charge in [0.2, 0.25) is 0 Å². The number of nitrogens with zero attached hydrogens (tertiary/aromatic N) is 4. The summed E-state index contributed by atoms with van der Waals surface area (Å²) in [5.41, 5.74) is 2.08. The molecular weight excluding hydrogens is 308 g/mol. The molecule has 0 bridgehead atoms. The van der Waals surface area contributed by atoms with Gasteiger partial charge in [-0.2, -0.15) is 5.10 Å². The summed E-state index contributed by atoms with van der Waals surface area (Å²) in [6.45, 7) is 0. The zero-order valence-corrected chi connectivity index (χ0v) is 13.1.